The Morgan fingerprint density at radius 3 is 2.43 bits per heavy atom. The van der Waals surface area contributed by atoms with E-state index < -0.39 is 0 Å². The Morgan fingerprint density at radius 1 is 1.29 bits per heavy atom. The van der Waals surface area contributed by atoms with E-state index in [-0.39, 0.29) is 5.97 Å². The molecule has 0 fully saturated rings. The molecule has 0 spiro atoms. The van der Waals surface area contributed by atoms with Gasteiger partial charge in [0.25, 0.3) is 0 Å². The van der Waals surface area contributed by atoms with E-state index in [4.69, 9.17) is 17.0 Å². The van der Waals surface area contributed by atoms with Gasteiger partial charge < -0.3 is 9.64 Å². The van der Waals surface area contributed by atoms with Crippen molar-refractivity contribution >= 4 is 40.3 Å². The number of hydrogen-bond acceptors (Lipinski definition) is 4. The van der Waals surface area contributed by atoms with Crippen LogP contribution in [-0.4, -0.2) is 41.1 Å². The van der Waals surface area contributed by atoms with E-state index >= 15 is 0 Å². The fourth-order valence-electron chi connectivity index (χ4n) is 1.75. The normalized spacial score (nSPS) is 11.1. The average molecular weight is 323 g/mol. The van der Waals surface area contributed by atoms with Gasteiger partial charge in [0, 0.05) is 24.4 Å². The first kappa shape index (κ1) is 17.7. The van der Waals surface area contributed by atoms with Crippen LogP contribution < -0.4 is 0 Å². The zero-order valence-electron chi connectivity index (χ0n) is 12.7. The van der Waals surface area contributed by atoms with Gasteiger partial charge in [0.1, 0.15) is 4.32 Å². The molecule has 0 saturated carbocycles. The van der Waals surface area contributed by atoms with Crippen molar-refractivity contribution in [2.75, 3.05) is 26.0 Å². The number of esters is 1. The third-order valence-corrected chi connectivity index (χ3v) is 4.53. The highest BCUT2D eigenvalue weighted by Gasteiger charge is 2.13. The van der Waals surface area contributed by atoms with Crippen LogP contribution in [0.3, 0.4) is 0 Å². The Hall–Kier alpha value is -1.33. The highest BCUT2D eigenvalue weighted by Crippen LogP contribution is 2.17. The van der Waals surface area contributed by atoms with Crippen LogP contribution in [0, 0.1) is 0 Å². The molecule has 0 N–H and O–H groups in total. The van der Waals surface area contributed by atoms with Crippen molar-refractivity contribution in [1.82, 2.24) is 4.90 Å². The molecular weight excluding hydrogens is 302 g/mol. The van der Waals surface area contributed by atoms with Crippen molar-refractivity contribution in [3.8, 4) is 0 Å². The number of nitrogens with zero attached hydrogens (tertiary/aromatic N) is 1. The van der Waals surface area contributed by atoms with E-state index in [1.807, 2.05) is 36.4 Å². The molecule has 0 heterocycles. The monoisotopic (exact) mass is 323 g/mol. The first-order chi connectivity index (χ1) is 10.1. The predicted molar refractivity (Wildman–Crippen MR) is 94.4 cm³/mol. The molecule has 0 amide bonds. The molecule has 5 heteroatoms. The summed E-state index contributed by atoms with van der Waals surface area (Å²) in [5.74, 6) is 0.199. The maximum atomic E-state index is 11.9. The number of benzene rings is 1. The third kappa shape index (κ3) is 5.89. The smallest absolute Gasteiger partial charge is 0.334 e. The number of ether oxygens (including phenoxy) is 1. The molecule has 0 aliphatic carbocycles. The molecule has 0 aromatic heterocycles. The molecule has 114 valence electrons. The van der Waals surface area contributed by atoms with Crippen molar-refractivity contribution < 1.29 is 9.53 Å². The molecule has 0 atom stereocenters. The van der Waals surface area contributed by atoms with Crippen molar-refractivity contribution in [1.29, 1.82) is 0 Å². The quantitative estimate of drug-likeness (QED) is 0.453. The molecule has 1 rings (SSSR count). The molecule has 0 aliphatic rings. The Balaban J connectivity index is 2.79. The van der Waals surface area contributed by atoms with Gasteiger partial charge in [-0.15, -0.1) is 0 Å². The average Bonchev–Trinajstić information content (AvgIpc) is 2.52. The summed E-state index contributed by atoms with van der Waals surface area (Å²) >= 11 is 6.88. The first-order valence-electron chi connectivity index (χ1n) is 6.88. The van der Waals surface area contributed by atoms with E-state index in [0.717, 1.165) is 23.0 Å². The van der Waals surface area contributed by atoms with Crippen LogP contribution in [0.1, 0.15) is 19.4 Å². The molecule has 0 bridgehead atoms. The Morgan fingerprint density at radius 2 is 1.90 bits per heavy atom. The van der Waals surface area contributed by atoms with Crippen molar-refractivity contribution in [2.24, 2.45) is 0 Å². The molecule has 0 saturated heterocycles. The summed E-state index contributed by atoms with van der Waals surface area (Å²) < 4.78 is 5.66. The molecule has 3 nitrogen and oxygen atoms in total. The summed E-state index contributed by atoms with van der Waals surface area (Å²) in [5.41, 5.74) is 1.59. The lowest BCUT2D eigenvalue weighted by atomic mass is 10.1. The van der Waals surface area contributed by atoms with Gasteiger partial charge in [-0.3, -0.25) is 0 Å². The van der Waals surface area contributed by atoms with Crippen LogP contribution in [0.4, 0.5) is 0 Å². The molecule has 0 aliphatic heterocycles. The molecule has 1 aromatic carbocycles. The van der Waals surface area contributed by atoms with Gasteiger partial charge in [-0.2, -0.15) is 0 Å². The Bertz CT molecular complexity index is 496. The fraction of sp³-hybridized carbons (Fsp3) is 0.375. The maximum Gasteiger partial charge on any atom is 0.334 e. The van der Waals surface area contributed by atoms with Crippen LogP contribution in [-0.2, 0) is 9.53 Å². The predicted octanol–water partition coefficient (Wildman–Crippen LogP) is 3.60. The van der Waals surface area contributed by atoms with Gasteiger partial charge in [0.05, 0.1) is 7.11 Å². The maximum absolute atomic E-state index is 11.9. The minimum atomic E-state index is -0.311. The standard InChI is InChI=1S/C16H21NO2S2/c1-4-17(5-2)16(20)21-12-14(15(18)19-3)11-13-9-7-6-8-10-13/h6-11H,4-5,12H2,1-3H3/b14-11+. The summed E-state index contributed by atoms with van der Waals surface area (Å²) in [6.07, 6.45) is 1.85. The van der Waals surface area contributed by atoms with Gasteiger partial charge in [0.15, 0.2) is 0 Å². The highest BCUT2D eigenvalue weighted by molar-refractivity contribution is 8.23. The van der Waals surface area contributed by atoms with Gasteiger partial charge >= 0.3 is 5.97 Å². The van der Waals surface area contributed by atoms with E-state index in [1.54, 1.807) is 0 Å². The van der Waals surface area contributed by atoms with Gasteiger partial charge in [-0.05, 0) is 25.5 Å². The molecule has 1 aromatic rings. The lowest BCUT2D eigenvalue weighted by Crippen LogP contribution is -2.27. The van der Waals surface area contributed by atoms with Gasteiger partial charge in [0.2, 0.25) is 0 Å². The Kier molecular flexibility index (Phi) is 8.08. The number of hydrogen-bond donors (Lipinski definition) is 0. The second-order valence-electron chi connectivity index (χ2n) is 4.30. The lowest BCUT2D eigenvalue weighted by Gasteiger charge is -2.21. The summed E-state index contributed by atoms with van der Waals surface area (Å²) in [7, 11) is 1.40. The number of methoxy groups -OCH3 is 1. The molecular formula is C16H21NO2S2. The zero-order chi connectivity index (χ0) is 15.7. The minimum absolute atomic E-state index is 0.311. The second kappa shape index (κ2) is 9.58. The topological polar surface area (TPSA) is 29.5 Å². The third-order valence-electron chi connectivity index (χ3n) is 2.96. The van der Waals surface area contributed by atoms with Crippen molar-refractivity contribution in [3.63, 3.8) is 0 Å². The van der Waals surface area contributed by atoms with Gasteiger partial charge in [-0.1, -0.05) is 54.3 Å². The van der Waals surface area contributed by atoms with E-state index in [9.17, 15) is 4.79 Å². The number of carbonyl (C=O) groups is 1. The van der Waals surface area contributed by atoms with Crippen LogP contribution in [0.25, 0.3) is 6.08 Å². The molecule has 0 radical (unpaired) electrons. The van der Waals surface area contributed by atoms with Crippen LogP contribution in [0.5, 0.6) is 0 Å². The molecule has 0 unspecified atom stereocenters. The lowest BCUT2D eigenvalue weighted by molar-refractivity contribution is -0.135. The van der Waals surface area contributed by atoms with E-state index in [2.05, 4.69) is 18.7 Å². The minimum Gasteiger partial charge on any atom is -0.466 e. The number of thiocarbonyl (C=S) groups is 1. The summed E-state index contributed by atoms with van der Waals surface area (Å²) in [6, 6.07) is 9.73. The second-order valence-corrected chi connectivity index (χ2v) is 5.91. The van der Waals surface area contributed by atoms with Crippen LogP contribution in [0.2, 0.25) is 0 Å². The van der Waals surface area contributed by atoms with E-state index in [0.29, 0.717) is 11.3 Å². The zero-order valence-corrected chi connectivity index (χ0v) is 14.3. The van der Waals surface area contributed by atoms with E-state index in [1.165, 1.54) is 18.9 Å². The number of rotatable bonds is 6. The summed E-state index contributed by atoms with van der Waals surface area (Å²) in [6.45, 7) is 5.88. The first-order valence-corrected chi connectivity index (χ1v) is 8.27. The number of carbonyl (C=O) groups excluding carboxylic acids is 1. The molecule has 21 heavy (non-hydrogen) atoms. The Labute approximate surface area is 136 Å². The highest BCUT2D eigenvalue weighted by atomic mass is 32.2. The van der Waals surface area contributed by atoms with Crippen LogP contribution in [0.15, 0.2) is 35.9 Å². The largest absolute Gasteiger partial charge is 0.466 e. The number of thioether (sulfide) groups is 1. The summed E-state index contributed by atoms with van der Waals surface area (Å²) in [4.78, 5) is 14.0. The fourth-order valence-corrected chi connectivity index (χ4v) is 3.11. The SMILES string of the molecule is CCN(CC)C(=S)SC/C(=C\c1ccccc1)C(=O)OC. The summed E-state index contributed by atoms with van der Waals surface area (Å²) in [5, 5.41) is 0. The van der Waals surface area contributed by atoms with Crippen molar-refractivity contribution in [3.05, 3.63) is 41.5 Å². The van der Waals surface area contributed by atoms with Crippen LogP contribution >= 0.6 is 24.0 Å². The van der Waals surface area contributed by atoms with Crippen molar-refractivity contribution in [2.45, 2.75) is 13.8 Å². The van der Waals surface area contributed by atoms with Gasteiger partial charge in [-0.25, -0.2) is 4.79 Å².